The molecule has 0 radical (unpaired) electrons. The van der Waals surface area contributed by atoms with Crippen LogP contribution in [0.2, 0.25) is 0 Å². The van der Waals surface area contributed by atoms with E-state index in [9.17, 15) is 12.8 Å². The smallest absolute Gasteiger partial charge is 0.243 e. The first-order valence-electron chi connectivity index (χ1n) is 5.49. The Hall–Kier alpha value is -0.500. The third-order valence-electron chi connectivity index (χ3n) is 2.45. The summed E-state index contributed by atoms with van der Waals surface area (Å²) in [7, 11) is -3.70. The fourth-order valence-electron chi connectivity index (χ4n) is 1.48. The molecule has 0 aliphatic rings. The van der Waals surface area contributed by atoms with Crippen molar-refractivity contribution in [1.82, 2.24) is 4.31 Å². The van der Waals surface area contributed by atoms with Crippen molar-refractivity contribution in [2.75, 3.05) is 19.7 Å². The molecule has 1 rings (SSSR count). The van der Waals surface area contributed by atoms with Gasteiger partial charge in [0.25, 0.3) is 0 Å². The molecule has 18 heavy (non-hydrogen) atoms. The van der Waals surface area contributed by atoms with Crippen LogP contribution in [0.1, 0.15) is 13.3 Å². The molecule has 0 bridgehead atoms. The zero-order valence-electron chi connectivity index (χ0n) is 9.94. The van der Waals surface area contributed by atoms with E-state index in [1.807, 2.05) is 0 Å². The molecule has 0 heterocycles. The highest BCUT2D eigenvalue weighted by molar-refractivity contribution is 9.10. The van der Waals surface area contributed by atoms with Gasteiger partial charge in [-0.2, -0.15) is 4.31 Å². The van der Waals surface area contributed by atoms with E-state index in [0.29, 0.717) is 6.42 Å². The third kappa shape index (κ3) is 3.50. The van der Waals surface area contributed by atoms with Gasteiger partial charge in [-0.05, 0) is 40.5 Å². The minimum absolute atomic E-state index is 0.0806. The number of hydrogen-bond acceptors (Lipinski definition) is 3. The van der Waals surface area contributed by atoms with E-state index in [4.69, 9.17) is 5.11 Å². The molecule has 0 unspecified atom stereocenters. The van der Waals surface area contributed by atoms with Crippen LogP contribution in [0.5, 0.6) is 0 Å². The van der Waals surface area contributed by atoms with E-state index in [-0.39, 0.29) is 29.1 Å². The summed E-state index contributed by atoms with van der Waals surface area (Å²) >= 11 is 2.98. The summed E-state index contributed by atoms with van der Waals surface area (Å²) in [6, 6.07) is 3.70. The van der Waals surface area contributed by atoms with Gasteiger partial charge in [-0.3, -0.25) is 0 Å². The number of aliphatic hydroxyl groups is 1. The molecule has 0 amide bonds. The van der Waals surface area contributed by atoms with E-state index in [0.717, 1.165) is 6.07 Å². The highest BCUT2D eigenvalue weighted by Crippen LogP contribution is 2.22. The van der Waals surface area contributed by atoms with Crippen LogP contribution < -0.4 is 0 Å². The molecule has 1 N–H and O–H groups in total. The molecule has 0 aliphatic heterocycles. The van der Waals surface area contributed by atoms with Crippen molar-refractivity contribution in [2.45, 2.75) is 18.2 Å². The summed E-state index contributed by atoms with van der Waals surface area (Å²) in [6.45, 7) is 2.11. The first-order chi connectivity index (χ1) is 8.43. The number of halogens is 2. The second-order valence-corrected chi connectivity index (χ2v) is 6.44. The average Bonchev–Trinajstić information content (AvgIpc) is 2.33. The number of aliphatic hydroxyl groups excluding tert-OH is 1. The monoisotopic (exact) mass is 339 g/mol. The largest absolute Gasteiger partial charge is 0.396 e. The van der Waals surface area contributed by atoms with Crippen molar-refractivity contribution in [3.8, 4) is 0 Å². The molecule has 4 nitrogen and oxygen atoms in total. The van der Waals surface area contributed by atoms with Crippen LogP contribution >= 0.6 is 15.9 Å². The molecule has 0 aromatic heterocycles. The molecule has 0 saturated carbocycles. The maximum atomic E-state index is 13.4. The first kappa shape index (κ1) is 15.6. The normalized spacial score (nSPS) is 12.1. The average molecular weight is 340 g/mol. The molecule has 0 atom stereocenters. The Labute approximate surface area is 115 Å². The molecule has 1 aromatic rings. The fraction of sp³-hybridized carbons (Fsp3) is 0.455. The standard InChI is InChI=1S/C11H15BrFNO3S/c1-2-14(6-3-7-15)18(16,17)9-4-5-10(12)11(13)8-9/h4-5,8,15H,2-3,6-7H2,1H3. The van der Waals surface area contributed by atoms with Gasteiger partial charge in [-0.1, -0.05) is 6.92 Å². The molecule has 0 fully saturated rings. The topological polar surface area (TPSA) is 57.6 Å². The summed E-state index contributed by atoms with van der Waals surface area (Å²) in [6.07, 6.45) is 0.353. The van der Waals surface area contributed by atoms with E-state index in [2.05, 4.69) is 15.9 Å². The van der Waals surface area contributed by atoms with Crippen molar-refractivity contribution in [2.24, 2.45) is 0 Å². The SMILES string of the molecule is CCN(CCCO)S(=O)(=O)c1ccc(Br)c(F)c1. The van der Waals surface area contributed by atoms with Gasteiger partial charge in [0.1, 0.15) is 5.82 Å². The lowest BCUT2D eigenvalue weighted by molar-refractivity contribution is 0.271. The number of hydrogen-bond donors (Lipinski definition) is 1. The fourth-order valence-corrected chi connectivity index (χ4v) is 3.23. The van der Waals surface area contributed by atoms with Crippen LogP contribution in [-0.4, -0.2) is 37.5 Å². The zero-order chi connectivity index (χ0) is 13.8. The van der Waals surface area contributed by atoms with E-state index in [1.54, 1.807) is 6.92 Å². The van der Waals surface area contributed by atoms with Gasteiger partial charge >= 0.3 is 0 Å². The maximum Gasteiger partial charge on any atom is 0.243 e. The van der Waals surface area contributed by atoms with Crippen LogP contribution in [0.15, 0.2) is 27.6 Å². The van der Waals surface area contributed by atoms with Gasteiger partial charge in [-0.25, -0.2) is 12.8 Å². The quantitative estimate of drug-likeness (QED) is 0.862. The van der Waals surface area contributed by atoms with Crippen LogP contribution in [-0.2, 0) is 10.0 Å². The molecular weight excluding hydrogens is 325 g/mol. The molecule has 0 aliphatic carbocycles. The minimum atomic E-state index is -3.70. The maximum absolute atomic E-state index is 13.4. The summed E-state index contributed by atoms with van der Waals surface area (Å²) in [5, 5.41) is 8.74. The van der Waals surface area contributed by atoms with E-state index < -0.39 is 15.8 Å². The van der Waals surface area contributed by atoms with Gasteiger partial charge in [-0.15, -0.1) is 0 Å². The molecule has 0 saturated heterocycles. The van der Waals surface area contributed by atoms with Crippen molar-refractivity contribution in [1.29, 1.82) is 0 Å². The third-order valence-corrected chi connectivity index (χ3v) is 5.06. The van der Waals surface area contributed by atoms with E-state index in [1.165, 1.54) is 16.4 Å². The number of nitrogens with zero attached hydrogens (tertiary/aromatic N) is 1. The van der Waals surface area contributed by atoms with Crippen molar-refractivity contribution in [3.63, 3.8) is 0 Å². The predicted octanol–water partition coefficient (Wildman–Crippen LogP) is 1.98. The van der Waals surface area contributed by atoms with Gasteiger partial charge in [0.2, 0.25) is 10.0 Å². The molecule has 0 spiro atoms. The first-order valence-corrected chi connectivity index (χ1v) is 7.72. The van der Waals surface area contributed by atoms with E-state index >= 15 is 0 Å². The molecule has 7 heteroatoms. The second kappa shape index (κ2) is 6.60. The van der Waals surface area contributed by atoms with Gasteiger partial charge in [0, 0.05) is 19.7 Å². The summed E-state index contributed by atoms with van der Waals surface area (Å²) < 4.78 is 39.2. The summed E-state index contributed by atoms with van der Waals surface area (Å²) in [5.41, 5.74) is 0. The highest BCUT2D eigenvalue weighted by Gasteiger charge is 2.23. The Bertz CT molecular complexity index is 507. The number of sulfonamides is 1. The zero-order valence-corrected chi connectivity index (χ0v) is 12.3. The highest BCUT2D eigenvalue weighted by atomic mass is 79.9. The van der Waals surface area contributed by atoms with Crippen LogP contribution in [0, 0.1) is 5.82 Å². The molecule has 102 valence electrons. The molecule has 1 aromatic carbocycles. The number of benzene rings is 1. The van der Waals surface area contributed by atoms with Crippen molar-refractivity contribution in [3.05, 3.63) is 28.5 Å². The van der Waals surface area contributed by atoms with Gasteiger partial charge in [0.15, 0.2) is 0 Å². The minimum Gasteiger partial charge on any atom is -0.396 e. The Balaban J connectivity index is 3.06. The lowest BCUT2D eigenvalue weighted by atomic mass is 10.3. The van der Waals surface area contributed by atoms with Gasteiger partial charge < -0.3 is 5.11 Å². The summed E-state index contributed by atoms with van der Waals surface area (Å²) in [5.74, 6) is -0.616. The lowest BCUT2D eigenvalue weighted by Gasteiger charge is -2.20. The molecular formula is C11H15BrFNO3S. The van der Waals surface area contributed by atoms with Crippen molar-refractivity contribution >= 4 is 26.0 Å². The number of rotatable bonds is 6. The Morgan fingerprint density at radius 2 is 2.11 bits per heavy atom. The Morgan fingerprint density at radius 1 is 1.44 bits per heavy atom. The van der Waals surface area contributed by atoms with Crippen LogP contribution in [0.3, 0.4) is 0 Å². The lowest BCUT2D eigenvalue weighted by Crippen LogP contribution is -2.32. The Kier molecular flexibility index (Phi) is 5.71. The second-order valence-electron chi connectivity index (χ2n) is 3.65. The summed E-state index contributed by atoms with van der Waals surface area (Å²) in [4.78, 5) is -0.0806. The predicted molar refractivity (Wildman–Crippen MR) is 70.2 cm³/mol. The van der Waals surface area contributed by atoms with Gasteiger partial charge in [0.05, 0.1) is 9.37 Å². The van der Waals surface area contributed by atoms with Crippen molar-refractivity contribution < 1.29 is 17.9 Å². The Morgan fingerprint density at radius 3 is 2.61 bits per heavy atom. The van der Waals surface area contributed by atoms with Crippen LogP contribution in [0.4, 0.5) is 4.39 Å². The van der Waals surface area contributed by atoms with Crippen LogP contribution in [0.25, 0.3) is 0 Å².